The van der Waals surface area contributed by atoms with Crippen LogP contribution in [0.25, 0.3) is 0 Å². The lowest BCUT2D eigenvalue weighted by molar-refractivity contribution is 0.102. The van der Waals surface area contributed by atoms with Crippen LogP contribution >= 0.6 is 15.9 Å². The smallest absolute Gasteiger partial charge is 0.255 e. The fourth-order valence-electron chi connectivity index (χ4n) is 3.00. The van der Waals surface area contributed by atoms with Crippen LogP contribution in [0.3, 0.4) is 0 Å². The molecule has 1 fully saturated rings. The molecular weight excluding hydrogens is 366 g/mol. The van der Waals surface area contributed by atoms with Crippen molar-refractivity contribution in [1.82, 2.24) is 0 Å². The summed E-state index contributed by atoms with van der Waals surface area (Å²) in [6.45, 7) is 4.30. The van der Waals surface area contributed by atoms with Gasteiger partial charge in [0, 0.05) is 28.8 Å². The minimum absolute atomic E-state index is 0.131. The van der Waals surface area contributed by atoms with Crippen molar-refractivity contribution >= 4 is 38.9 Å². The minimum atomic E-state index is -0.131. The van der Waals surface area contributed by atoms with Gasteiger partial charge in [-0.25, -0.2) is 0 Å². The van der Waals surface area contributed by atoms with Crippen molar-refractivity contribution in [1.29, 1.82) is 0 Å². The van der Waals surface area contributed by atoms with Crippen molar-refractivity contribution in [2.24, 2.45) is 5.92 Å². The first-order chi connectivity index (χ1) is 11.5. The number of nitrogens with zero attached hydrogens (tertiary/aromatic N) is 1. The third kappa shape index (κ3) is 3.90. The fourth-order valence-corrected chi connectivity index (χ4v) is 3.40. The molecule has 1 aliphatic heterocycles. The zero-order valence-electron chi connectivity index (χ0n) is 13.8. The maximum Gasteiger partial charge on any atom is 0.255 e. The molecule has 24 heavy (non-hydrogen) atoms. The van der Waals surface area contributed by atoms with Gasteiger partial charge in [-0.3, -0.25) is 4.79 Å². The monoisotopic (exact) mass is 387 g/mol. The number of hydrogen-bond acceptors (Lipinski definition) is 3. The van der Waals surface area contributed by atoms with Crippen molar-refractivity contribution < 1.29 is 4.79 Å². The summed E-state index contributed by atoms with van der Waals surface area (Å²) in [4.78, 5) is 14.9. The van der Waals surface area contributed by atoms with Crippen LogP contribution in [0, 0.1) is 5.92 Å². The highest BCUT2D eigenvalue weighted by atomic mass is 79.9. The number of rotatable bonds is 3. The Morgan fingerprint density at radius 1 is 1.21 bits per heavy atom. The molecule has 0 atom stereocenters. The molecule has 3 rings (SSSR count). The Hall–Kier alpha value is -2.01. The number of carbonyl (C=O) groups excluding carboxylic acids is 1. The molecule has 1 saturated heterocycles. The lowest BCUT2D eigenvalue weighted by Gasteiger charge is -2.33. The number of halogens is 1. The van der Waals surface area contributed by atoms with E-state index in [-0.39, 0.29) is 5.91 Å². The van der Waals surface area contributed by atoms with Gasteiger partial charge >= 0.3 is 0 Å². The van der Waals surface area contributed by atoms with Crippen molar-refractivity contribution in [2.45, 2.75) is 19.8 Å². The van der Waals surface area contributed by atoms with Gasteiger partial charge in [-0.15, -0.1) is 0 Å². The molecule has 1 heterocycles. The van der Waals surface area contributed by atoms with Crippen LogP contribution in [0.2, 0.25) is 0 Å². The molecule has 126 valence electrons. The molecule has 4 nitrogen and oxygen atoms in total. The maximum atomic E-state index is 12.6. The normalized spacial score (nSPS) is 15.3. The van der Waals surface area contributed by atoms with Crippen molar-refractivity contribution in [2.75, 3.05) is 29.0 Å². The first-order valence-corrected chi connectivity index (χ1v) is 9.03. The van der Waals surface area contributed by atoms with Crippen LogP contribution in [0.5, 0.6) is 0 Å². The number of anilines is 3. The number of amides is 1. The van der Waals surface area contributed by atoms with Crippen LogP contribution in [0.4, 0.5) is 17.1 Å². The number of piperidine rings is 1. The highest BCUT2D eigenvalue weighted by Gasteiger charge is 2.19. The molecule has 1 amide bonds. The van der Waals surface area contributed by atoms with Crippen LogP contribution in [0.15, 0.2) is 46.9 Å². The molecule has 0 unspecified atom stereocenters. The standard InChI is InChI=1S/C19H22BrN3O/c1-13-7-9-23(10-8-13)18-6-5-16(21)12-17(18)22-19(24)14-3-2-4-15(20)11-14/h2-6,11-13H,7-10,21H2,1H3,(H,22,24). The van der Waals surface area contributed by atoms with Crippen molar-refractivity contribution in [3.63, 3.8) is 0 Å². The number of carbonyl (C=O) groups is 1. The Labute approximate surface area is 151 Å². The molecule has 0 spiro atoms. The van der Waals surface area contributed by atoms with E-state index in [2.05, 4.69) is 33.1 Å². The summed E-state index contributed by atoms with van der Waals surface area (Å²) in [5, 5.41) is 3.02. The van der Waals surface area contributed by atoms with Gasteiger partial charge in [-0.2, -0.15) is 0 Å². The molecular formula is C19H22BrN3O. The average Bonchev–Trinajstić information content (AvgIpc) is 2.56. The van der Waals surface area contributed by atoms with Gasteiger partial charge in [0.25, 0.3) is 5.91 Å². The maximum absolute atomic E-state index is 12.6. The molecule has 2 aromatic carbocycles. The Kier molecular flexibility index (Phi) is 5.09. The first-order valence-electron chi connectivity index (χ1n) is 8.24. The topological polar surface area (TPSA) is 58.4 Å². The van der Waals surface area contributed by atoms with Crippen LogP contribution in [0.1, 0.15) is 30.1 Å². The second kappa shape index (κ2) is 7.26. The summed E-state index contributed by atoms with van der Waals surface area (Å²) in [7, 11) is 0. The van der Waals surface area contributed by atoms with Crippen molar-refractivity contribution in [3.05, 3.63) is 52.5 Å². The van der Waals surface area contributed by atoms with Crippen molar-refractivity contribution in [3.8, 4) is 0 Å². The third-order valence-corrected chi connectivity index (χ3v) is 4.97. The number of nitrogens with two attached hydrogens (primary N) is 1. The second-order valence-corrected chi connectivity index (χ2v) is 7.33. The lowest BCUT2D eigenvalue weighted by Crippen LogP contribution is -2.33. The van der Waals surface area contributed by atoms with E-state index in [9.17, 15) is 4.79 Å². The highest BCUT2D eigenvalue weighted by Crippen LogP contribution is 2.32. The van der Waals surface area contributed by atoms with Gasteiger partial charge in [0.15, 0.2) is 0 Å². The van der Waals surface area contributed by atoms with E-state index in [1.54, 1.807) is 6.07 Å². The number of nitrogens with one attached hydrogen (secondary N) is 1. The minimum Gasteiger partial charge on any atom is -0.399 e. The molecule has 3 N–H and O–H groups in total. The molecule has 0 radical (unpaired) electrons. The SMILES string of the molecule is CC1CCN(c2ccc(N)cc2NC(=O)c2cccc(Br)c2)CC1. The number of hydrogen-bond donors (Lipinski definition) is 2. The zero-order chi connectivity index (χ0) is 17.1. The summed E-state index contributed by atoms with van der Waals surface area (Å²) in [5.74, 6) is 0.628. The predicted octanol–water partition coefficient (Wildman–Crippen LogP) is 4.52. The van der Waals surface area contributed by atoms with Gasteiger partial charge in [0.05, 0.1) is 11.4 Å². The third-order valence-electron chi connectivity index (χ3n) is 4.48. The van der Waals surface area contributed by atoms with E-state index < -0.39 is 0 Å². The number of benzene rings is 2. The van der Waals surface area contributed by atoms with Gasteiger partial charge in [-0.1, -0.05) is 28.9 Å². The second-order valence-electron chi connectivity index (χ2n) is 6.41. The molecule has 0 aliphatic carbocycles. The Morgan fingerprint density at radius 2 is 1.96 bits per heavy atom. The average molecular weight is 388 g/mol. The molecule has 0 bridgehead atoms. The lowest BCUT2D eigenvalue weighted by atomic mass is 9.98. The molecule has 0 saturated carbocycles. The van der Waals surface area contributed by atoms with Gasteiger partial charge in [0.2, 0.25) is 0 Å². The molecule has 5 heteroatoms. The van der Waals surface area contributed by atoms with Gasteiger partial charge in [0.1, 0.15) is 0 Å². The Morgan fingerprint density at radius 3 is 2.67 bits per heavy atom. The number of nitrogen functional groups attached to an aromatic ring is 1. The van der Waals surface area contributed by atoms with E-state index in [1.807, 2.05) is 36.4 Å². The summed E-state index contributed by atoms with van der Waals surface area (Å²) in [6.07, 6.45) is 2.34. The first kappa shape index (κ1) is 16.8. The van der Waals surface area contributed by atoms with E-state index in [0.717, 1.165) is 34.9 Å². The largest absolute Gasteiger partial charge is 0.399 e. The summed E-state index contributed by atoms with van der Waals surface area (Å²) < 4.78 is 0.882. The van der Waals surface area contributed by atoms with E-state index in [4.69, 9.17) is 5.73 Å². The van der Waals surface area contributed by atoms with Crippen LogP contribution in [-0.4, -0.2) is 19.0 Å². The fraction of sp³-hybridized carbons (Fsp3) is 0.316. The Bertz CT molecular complexity index is 739. The quantitative estimate of drug-likeness (QED) is 0.761. The summed E-state index contributed by atoms with van der Waals surface area (Å²) >= 11 is 3.40. The molecule has 2 aromatic rings. The van der Waals surface area contributed by atoms with Crippen LogP contribution in [-0.2, 0) is 0 Å². The highest BCUT2D eigenvalue weighted by molar-refractivity contribution is 9.10. The summed E-state index contributed by atoms with van der Waals surface area (Å²) in [5.41, 5.74) is 9.02. The molecule has 1 aliphatic rings. The Balaban J connectivity index is 1.84. The predicted molar refractivity (Wildman–Crippen MR) is 104 cm³/mol. The van der Waals surface area contributed by atoms with Gasteiger partial charge in [-0.05, 0) is 55.2 Å². The van der Waals surface area contributed by atoms with E-state index >= 15 is 0 Å². The van der Waals surface area contributed by atoms with Gasteiger partial charge < -0.3 is 16.0 Å². The zero-order valence-corrected chi connectivity index (χ0v) is 15.3. The van der Waals surface area contributed by atoms with E-state index in [1.165, 1.54) is 12.8 Å². The van der Waals surface area contributed by atoms with E-state index in [0.29, 0.717) is 11.3 Å². The van der Waals surface area contributed by atoms with Crippen LogP contribution < -0.4 is 16.0 Å². The molecule has 0 aromatic heterocycles. The summed E-state index contributed by atoms with van der Waals surface area (Å²) in [6, 6.07) is 13.1.